The van der Waals surface area contributed by atoms with Crippen molar-refractivity contribution >= 4 is 47.1 Å². The Morgan fingerprint density at radius 1 is 1.14 bits per heavy atom. The van der Waals surface area contributed by atoms with Gasteiger partial charge in [0, 0.05) is 29.4 Å². The zero-order valence-corrected chi connectivity index (χ0v) is 24.2. The van der Waals surface area contributed by atoms with Gasteiger partial charge in [-0.25, -0.2) is 0 Å². The van der Waals surface area contributed by atoms with E-state index in [1.165, 1.54) is 30.6 Å². The molecule has 3 aromatic rings. The molecule has 1 aromatic carbocycles. The number of halogens is 2. The maximum Gasteiger partial charge on any atom is 0.175 e. The van der Waals surface area contributed by atoms with Crippen molar-refractivity contribution < 1.29 is 9.26 Å². The molecule has 2 aromatic heterocycles. The van der Waals surface area contributed by atoms with Crippen LogP contribution in [0.5, 0.6) is 5.75 Å². The van der Waals surface area contributed by atoms with E-state index in [0.29, 0.717) is 12.0 Å². The average molecular weight is 566 g/mol. The number of thiophene rings is 1. The molecule has 202 valence electrons. The summed E-state index contributed by atoms with van der Waals surface area (Å²) < 4.78 is 12.1. The molecule has 1 N–H and O–H groups in total. The van der Waals surface area contributed by atoms with Gasteiger partial charge in [-0.1, -0.05) is 19.0 Å². The molecule has 1 aliphatic carbocycles. The van der Waals surface area contributed by atoms with Crippen LogP contribution in [-0.2, 0) is 19.5 Å². The van der Waals surface area contributed by atoms with Crippen LogP contribution in [0.25, 0.3) is 11.0 Å². The van der Waals surface area contributed by atoms with Gasteiger partial charge in [-0.2, -0.15) is 5.26 Å². The first-order chi connectivity index (χ1) is 17.1. The normalized spacial score (nSPS) is 16.4. The van der Waals surface area contributed by atoms with Crippen molar-refractivity contribution in [3.05, 3.63) is 45.3 Å². The molecule has 3 heterocycles. The first kappa shape index (κ1) is 29.7. The molecule has 0 unspecified atom stereocenters. The fraction of sp³-hybridized carbons (Fsp3) is 0.571. The Morgan fingerprint density at radius 3 is 2.59 bits per heavy atom. The fourth-order valence-corrected chi connectivity index (χ4v) is 5.74. The topological polar surface area (TPSA) is 74.3 Å². The molecule has 2 aliphatic rings. The summed E-state index contributed by atoms with van der Waals surface area (Å²) in [6.07, 6.45) is 7.09. The second kappa shape index (κ2) is 13.8. The number of likely N-dealkylation sites (tertiary alicyclic amines) is 1. The van der Waals surface area contributed by atoms with Crippen LogP contribution in [0.3, 0.4) is 0 Å². The smallest absolute Gasteiger partial charge is 0.175 e. The molecular weight excluding hydrogens is 527 g/mol. The minimum atomic E-state index is 0. The molecule has 0 amide bonds. The van der Waals surface area contributed by atoms with E-state index >= 15 is 0 Å². The molecule has 37 heavy (non-hydrogen) atoms. The average Bonchev–Trinajstić information content (AvgIpc) is 3.43. The monoisotopic (exact) mass is 564 g/mol. The number of rotatable bonds is 11. The van der Waals surface area contributed by atoms with E-state index in [1.807, 2.05) is 6.07 Å². The van der Waals surface area contributed by atoms with Crippen molar-refractivity contribution in [1.29, 1.82) is 5.26 Å². The number of aryl methyl sites for hydroxylation is 1. The van der Waals surface area contributed by atoms with Gasteiger partial charge in [0.05, 0.1) is 17.9 Å². The molecule has 1 aliphatic heterocycles. The third kappa shape index (κ3) is 7.84. The number of piperidine rings is 1. The summed E-state index contributed by atoms with van der Waals surface area (Å²) in [7, 11) is 0. The van der Waals surface area contributed by atoms with E-state index in [4.69, 9.17) is 14.5 Å². The van der Waals surface area contributed by atoms with Gasteiger partial charge in [-0.15, -0.1) is 36.2 Å². The Bertz CT molecular complexity index is 1180. The second-order valence-corrected chi connectivity index (χ2v) is 11.6. The maximum atomic E-state index is 9.04. The molecule has 0 bridgehead atoms. The lowest BCUT2D eigenvalue weighted by atomic mass is 9.91. The number of hydrogen-bond donors (Lipinski definition) is 1. The third-order valence-electron chi connectivity index (χ3n) is 7.28. The number of nitrogens with one attached hydrogen (secondary N) is 1. The lowest BCUT2D eigenvalue weighted by Crippen LogP contribution is -2.33. The number of nitriles is 1. The van der Waals surface area contributed by atoms with Gasteiger partial charge in [-0.05, 0) is 87.7 Å². The standard InChI is InChI=1S/C28H36N4O2S.2ClH/c1-19(2)30-16-25-27(33-18-21-3-4-21)10-8-24-26(31-34-28(24)25)9-5-20-11-13-32(14-12-20)17-23-7-6-22(15-29)35-23;;/h6-8,10,19-21,30H,3-5,9,11-14,16-18H2,1-2H3;2*1H. The molecule has 1 saturated carbocycles. The lowest BCUT2D eigenvalue weighted by Gasteiger charge is -2.31. The summed E-state index contributed by atoms with van der Waals surface area (Å²) in [5.74, 6) is 2.37. The van der Waals surface area contributed by atoms with Crippen molar-refractivity contribution in [2.45, 2.75) is 71.5 Å². The first-order valence-electron chi connectivity index (χ1n) is 13.1. The Hall–Kier alpha value is -1.82. The van der Waals surface area contributed by atoms with Gasteiger partial charge < -0.3 is 14.6 Å². The summed E-state index contributed by atoms with van der Waals surface area (Å²) in [5.41, 5.74) is 3.05. The lowest BCUT2D eigenvalue weighted by molar-refractivity contribution is 0.173. The van der Waals surface area contributed by atoms with Gasteiger partial charge in [0.2, 0.25) is 0 Å². The van der Waals surface area contributed by atoms with Crippen LogP contribution in [0.2, 0.25) is 0 Å². The van der Waals surface area contributed by atoms with Crippen LogP contribution >= 0.6 is 36.2 Å². The molecule has 5 rings (SSSR count). The SMILES string of the molecule is CC(C)NCc1c(OCC2CC2)ccc2c(CCC3CCN(Cc4ccc(C#N)s4)CC3)noc12.Cl.Cl. The van der Waals surface area contributed by atoms with Crippen molar-refractivity contribution in [3.8, 4) is 11.8 Å². The Morgan fingerprint density at radius 2 is 1.92 bits per heavy atom. The quantitative estimate of drug-likeness (QED) is 0.278. The zero-order valence-electron chi connectivity index (χ0n) is 21.7. The summed E-state index contributed by atoms with van der Waals surface area (Å²) in [4.78, 5) is 4.61. The number of hydrogen-bond acceptors (Lipinski definition) is 7. The Kier molecular flexibility index (Phi) is 11.1. The number of fused-ring (bicyclic) bond motifs is 1. The molecule has 0 atom stereocenters. The molecule has 6 nitrogen and oxygen atoms in total. The van der Waals surface area contributed by atoms with E-state index in [9.17, 15) is 0 Å². The second-order valence-electron chi connectivity index (χ2n) is 10.5. The van der Waals surface area contributed by atoms with Gasteiger partial charge >= 0.3 is 0 Å². The summed E-state index contributed by atoms with van der Waals surface area (Å²) >= 11 is 1.62. The third-order valence-corrected chi connectivity index (χ3v) is 8.26. The molecule has 0 spiro atoms. The maximum absolute atomic E-state index is 9.04. The first-order valence-corrected chi connectivity index (χ1v) is 13.9. The molecule has 1 saturated heterocycles. The highest BCUT2D eigenvalue weighted by molar-refractivity contribution is 7.12. The summed E-state index contributed by atoms with van der Waals surface area (Å²) in [6, 6.07) is 10.9. The van der Waals surface area contributed by atoms with Crippen molar-refractivity contribution in [3.63, 3.8) is 0 Å². The van der Waals surface area contributed by atoms with E-state index in [-0.39, 0.29) is 24.8 Å². The predicted octanol–water partition coefficient (Wildman–Crippen LogP) is 6.74. The largest absolute Gasteiger partial charge is 0.493 e. The molecule has 0 radical (unpaired) electrons. The minimum absolute atomic E-state index is 0. The Balaban J connectivity index is 0.00000190. The van der Waals surface area contributed by atoms with Crippen LogP contribution in [0.4, 0.5) is 0 Å². The number of aromatic nitrogens is 1. The van der Waals surface area contributed by atoms with Gasteiger partial charge in [0.1, 0.15) is 16.7 Å². The summed E-state index contributed by atoms with van der Waals surface area (Å²) in [5, 5.41) is 18.2. The van der Waals surface area contributed by atoms with E-state index in [1.54, 1.807) is 11.3 Å². The molecular formula is C28H38Cl2N4O2S. The van der Waals surface area contributed by atoms with Crippen LogP contribution in [0.1, 0.15) is 67.0 Å². The predicted molar refractivity (Wildman–Crippen MR) is 154 cm³/mol. The van der Waals surface area contributed by atoms with E-state index in [2.05, 4.69) is 53.5 Å². The fourth-order valence-electron chi connectivity index (χ4n) is 4.89. The molecule has 9 heteroatoms. The van der Waals surface area contributed by atoms with Crippen LogP contribution in [0.15, 0.2) is 28.8 Å². The van der Waals surface area contributed by atoms with Crippen LogP contribution < -0.4 is 10.1 Å². The van der Waals surface area contributed by atoms with Crippen molar-refractivity contribution in [2.24, 2.45) is 11.8 Å². The van der Waals surface area contributed by atoms with E-state index in [0.717, 1.165) is 84.4 Å². The highest BCUT2D eigenvalue weighted by atomic mass is 35.5. The zero-order chi connectivity index (χ0) is 24.2. The van der Waals surface area contributed by atoms with Gasteiger partial charge in [0.25, 0.3) is 0 Å². The summed E-state index contributed by atoms with van der Waals surface area (Å²) in [6.45, 7) is 9.05. The van der Waals surface area contributed by atoms with Crippen molar-refractivity contribution in [2.75, 3.05) is 19.7 Å². The van der Waals surface area contributed by atoms with Gasteiger partial charge in [0.15, 0.2) is 5.58 Å². The highest BCUT2D eigenvalue weighted by Gasteiger charge is 2.24. The number of benzene rings is 1. The molecule has 2 fully saturated rings. The number of ether oxygens (including phenoxy) is 1. The van der Waals surface area contributed by atoms with E-state index < -0.39 is 0 Å². The van der Waals surface area contributed by atoms with Crippen LogP contribution in [-0.4, -0.2) is 35.8 Å². The van der Waals surface area contributed by atoms with Crippen molar-refractivity contribution in [1.82, 2.24) is 15.4 Å². The highest BCUT2D eigenvalue weighted by Crippen LogP contribution is 2.35. The van der Waals surface area contributed by atoms with Crippen LogP contribution in [0, 0.1) is 23.2 Å². The Labute approximate surface area is 236 Å². The number of nitrogens with zero attached hydrogens (tertiary/aromatic N) is 3. The van der Waals surface area contributed by atoms with Gasteiger partial charge in [-0.3, -0.25) is 4.90 Å². The minimum Gasteiger partial charge on any atom is -0.493 e.